The van der Waals surface area contributed by atoms with E-state index in [9.17, 15) is 9.59 Å². The van der Waals surface area contributed by atoms with Crippen LogP contribution >= 0.6 is 15.9 Å². The number of fused-ring (bicyclic) bond motifs is 1. The number of hydrogen-bond acceptors (Lipinski definition) is 3. The molecule has 0 unspecified atom stereocenters. The van der Waals surface area contributed by atoms with Gasteiger partial charge in [-0.15, -0.1) is 0 Å². The van der Waals surface area contributed by atoms with Gasteiger partial charge in [0, 0.05) is 11.5 Å². The van der Waals surface area contributed by atoms with E-state index in [0.29, 0.717) is 17.2 Å². The topological polar surface area (TPSA) is 52.0 Å². The minimum Gasteiger partial charge on any atom is -0.294 e. The number of aldehydes is 1. The molecule has 0 radical (unpaired) electrons. The second-order valence-electron chi connectivity index (χ2n) is 3.11. The number of hydrogen-bond donors (Lipinski definition) is 0. The molecule has 1 heterocycles. The Morgan fingerprint density at radius 2 is 2.20 bits per heavy atom. The SMILES string of the molecule is Cn1c(C=O)nc2cc(Br)ccc2c1=O. The molecule has 0 atom stereocenters. The Kier molecular flexibility index (Phi) is 2.40. The number of benzene rings is 1. The van der Waals surface area contributed by atoms with E-state index >= 15 is 0 Å². The molecule has 5 heteroatoms. The van der Waals surface area contributed by atoms with Crippen LogP contribution in [-0.2, 0) is 7.05 Å². The third-order valence-electron chi connectivity index (χ3n) is 2.18. The lowest BCUT2D eigenvalue weighted by Gasteiger charge is -2.03. The largest absolute Gasteiger partial charge is 0.294 e. The van der Waals surface area contributed by atoms with Gasteiger partial charge in [-0.05, 0) is 18.2 Å². The van der Waals surface area contributed by atoms with Gasteiger partial charge in [0.2, 0.25) is 0 Å². The molecule has 0 aliphatic heterocycles. The third-order valence-corrected chi connectivity index (χ3v) is 2.67. The summed E-state index contributed by atoms with van der Waals surface area (Å²) in [5.74, 6) is 0.130. The first kappa shape index (κ1) is 10.0. The molecule has 2 rings (SSSR count). The Morgan fingerprint density at radius 1 is 1.47 bits per heavy atom. The van der Waals surface area contributed by atoms with Crippen LogP contribution in [-0.4, -0.2) is 15.8 Å². The monoisotopic (exact) mass is 266 g/mol. The minimum atomic E-state index is -0.213. The van der Waals surface area contributed by atoms with Crippen molar-refractivity contribution in [3.63, 3.8) is 0 Å². The molecule has 4 nitrogen and oxygen atoms in total. The Bertz CT molecular complexity index is 604. The Morgan fingerprint density at radius 3 is 2.87 bits per heavy atom. The molecule has 0 aliphatic carbocycles. The Hall–Kier alpha value is -1.49. The smallest absolute Gasteiger partial charge is 0.261 e. The van der Waals surface area contributed by atoms with Crippen molar-refractivity contribution >= 4 is 33.1 Å². The number of rotatable bonds is 1. The first-order valence-corrected chi connectivity index (χ1v) is 5.04. The molecule has 1 aromatic heterocycles. The maximum Gasteiger partial charge on any atom is 0.261 e. The van der Waals surface area contributed by atoms with E-state index in [1.165, 1.54) is 11.6 Å². The second-order valence-corrected chi connectivity index (χ2v) is 4.03. The van der Waals surface area contributed by atoms with Crippen LogP contribution in [0.4, 0.5) is 0 Å². The number of nitrogens with zero attached hydrogens (tertiary/aromatic N) is 2. The van der Waals surface area contributed by atoms with E-state index in [1.807, 2.05) is 0 Å². The third kappa shape index (κ3) is 1.59. The molecule has 15 heavy (non-hydrogen) atoms. The van der Waals surface area contributed by atoms with Crippen LogP contribution in [0.1, 0.15) is 10.6 Å². The lowest BCUT2D eigenvalue weighted by atomic mass is 10.2. The molecule has 0 fully saturated rings. The Balaban J connectivity index is 2.97. The van der Waals surface area contributed by atoms with Crippen molar-refractivity contribution in [1.29, 1.82) is 0 Å². The first-order valence-electron chi connectivity index (χ1n) is 4.25. The summed E-state index contributed by atoms with van der Waals surface area (Å²) in [7, 11) is 1.53. The predicted molar refractivity (Wildman–Crippen MR) is 60.1 cm³/mol. The average molecular weight is 267 g/mol. The van der Waals surface area contributed by atoms with Gasteiger partial charge in [0.05, 0.1) is 10.9 Å². The summed E-state index contributed by atoms with van der Waals surface area (Å²) in [6.45, 7) is 0. The molecule has 0 saturated carbocycles. The molecule has 0 aliphatic rings. The predicted octanol–water partition coefficient (Wildman–Crippen LogP) is 1.51. The van der Waals surface area contributed by atoms with Crippen LogP contribution in [0, 0.1) is 0 Å². The zero-order valence-electron chi connectivity index (χ0n) is 7.90. The molecule has 0 saturated heterocycles. The van der Waals surface area contributed by atoms with Crippen molar-refractivity contribution in [2.45, 2.75) is 0 Å². The van der Waals surface area contributed by atoms with E-state index in [1.54, 1.807) is 18.2 Å². The fraction of sp³-hybridized carbons (Fsp3) is 0.100. The van der Waals surface area contributed by atoms with Crippen molar-refractivity contribution < 1.29 is 4.79 Å². The van der Waals surface area contributed by atoms with Gasteiger partial charge >= 0.3 is 0 Å². The molecule has 0 spiro atoms. The van der Waals surface area contributed by atoms with Crippen molar-refractivity contribution in [3.05, 3.63) is 38.9 Å². The highest BCUT2D eigenvalue weighted by Gasteiger charge is 2.06. The summed E-state index contributed by atoms with van der Waals surface area (Å²) in [5.41, 5.74) is 0.309. The summed E-state index contributed by atoms with van der Waals surface area (Å²) in [5, 5.41) is 0.506. The van der Waals surface area contributed by atoms with Gasteiger partial charge < -0.3 is 0 Å². The summed E-state index contributed by atoms with van der Waals surface area (Å²) in [6.07, 6.45) is 0.571. The molecule has 1 aromatic carbocycles. The average Bonchev–Trinajstić information content (AvgIpc) is 2.23. The van der Waals surface area contributed by atoms with Crippen molar-refractivity contribution in [2.75, 3.05) is 0 Å². The molecular formula is C10H7BrN2O2. The number of aromatic nitrogens is 2. The molecule has 0 amide bonds. The van der Waals surface area contributed by atoms with Gasteiger partial charge in [0.15, 0.2) is 12.1 Å². The van der Waals surface area contributed by atoms with Crippen molar-refractivity contribution in [3.8, 4) is 0 Å². The maximum atomic E-state index is 11.8. The number of carbonyl (C=O) groups excluding carboxylic acids is 1. The number of halogens is 1. The van der Waals surface area contributed by atoms with Gasteiger partial charge in [-0.2, -0.15) is 0 Å². The zero-order chi connectivity index (χ0) is 11.0. The molecule has 0 N–H and O–H groups in total. The van der Waals surface area contributed by atoms with E-state index in [4.69, 9.17) is 0 Å². The first-order chi connectivity index (χ1) is 7.13. The summed E-state index contributed by atoms with van der Waals surface area (Å²) in [4.78, 5) is 26.5. The van der Waals surface area contributed by atoms with Crippen LogP contribution in [0.2, 0.25) is 0 Å². The highest BCUT2D eigenvalue weighted by Crippen LogP contribution is 2.15. The second kappa shape index (κ2) is 3.58. The minimum absolute atomic E-state index is 0.130. The van der Waals surface area contributed by atoms with E-state index in [0.717, 1.165) is 4.47 Å². The molecule has 76 valence electrons. The van der Waals surface area contributed by atoms with Crippen LogP contribution in [0.25, 0.3) is 10.9 Å². The fourth-order valence-corrected chi connectivity index (χ4v) is 1.72. The van der Waals surface area contributed by atoms with Crippen LogP contribution in [0.3, 0.4) is 0 Å². The quantitative estimate of drug-likeness (QED) is 0.736. The number of carbonyl (C=O) groups is 1. The standard InChI is InChI=1S/C10H7BrN2O2/c1-13-9(5-14)12-8-4-6(11)2-3-7(8)10(13)15/h2-5H,1H3. The summed E-state index contributed by atoms with van der Waals surface area (Å²) < 4.78 is 2.07. The zero-order valence-corrected chi connectivity index (χ0v) is 9.48. The normalized spacial score (nSPS) is 10.5. The highest BCUT2D eigenvalue weighted by atomic mass is 79.9. The van der Waals surface area contributed by atoms with Gasteiger partial charge in [-0.25, -0.2) is 4.98 Å². The van der Waals surface area contributed by atoms with E-state index < -0.39 is 0 Å². The molecule has 2 aromatic rings. The van der Waals surface area contributed by atoms with Gasteiger partial charge in [-0.3, -0.25) is 14.2 Å². The van der Waals surface area contributed by atoms with Crippen LogP contribution in [0.15, 0.2) is 27.5 Å². The van der Waals surface area contributed by atoms with Crippen LogP contribution < -0.4 is 5.56 Å². The van der Waals surface area contributed by atoms with E-state index in [-0.39, 0.29) is 11.4 Å². The van der Waals surface area contributed by atoms with Crippen LogP contribution in [0.5, 0.6) is 0 Å². The maximum absolute atomic E-state index is 11.8. The lowest BCUT2D eigenvalue weighted by Crippen LogP contribution is -2.21. The summed E-state index contributed by atoms with van der Waals surface area (Å²) >= 11 is 3.28. The lowest BCUT2D eigenvalue weighted by molar-refractivity contribution is 0.111. The van der Waals surface area contributed by atoms with E-state index in [2.05, 4.69) is 20.9 Å². The van der Waals surface area contributed by atoms with Gasteiger partial charge in [0.1, 0.15) is 0 Å². The van der Waals surface area contributed by atoms with Gasteiger partial charge in [-0.1, -0.05) is 15.9 Å². The van der Waals surface area contributed by atoms with Crippen molar-refractivity contribution in [2.24, 2.45) is 7.05 Å². The molecular weight excluding hydrogens is 260 g/mol. The fourth-order valence-electron chi connectivity index (χ4n) is 1.37. The van der Waals surface area contributed by atoms with Gasteiger partial charge in [0.25, 0.3) is 5.56 Å². The Labute approximate surface area is 93.7 Å². The van der Waals surface area contributed by atoms with Crippen molar-refractivity contribution in [1.82, 2.24) is 9.55 Å². The molecule has 0 bridgehead atoms. The summed E-state index contributed by atoms with van der Waals surface area (Å²) in [6, 6.07) is 5.17. The highest BCUT2D eigenvalue weighted by molar-refractivity contribution is 9.10.